The first-order valence-electron chi connectivity index (χ1n) is 4.09. The van der Waals surface area contributed by atoms with Crippen molar-refractivity contribution < 1.29 is 13.0 Å². The van der Waals surface area contributed by atoms with E-state index in [1.54, 1.807) is 6.07 Å². The zero-order valence-corrected chi connectivity index (χ0v) is 9.43. The Morgan fingerprint density at radius 1 is 1.36 bits per heavy atom. The first-order chi connectivity index (χ1) is 6.32. The van der Waals surface area contributed by atoms with E-state index >= 15 is 0 Å². The van der Waals surface area contributed by atoms with Crippen molar-refractivity contribution in [2.75, 3.05) is 0 Å². The third-order valence-electron chi connectivity index (χ3n) is 1.90. The molecule has 0 saturated heterocycles. The molecule has 0 aromatic heterocycles. The van der Waals surface area contributed by atoms with Gasteiger partial charge in [0.15, 0.2) is 0 Å². The third-order valence-corrected chi connectivity index (χ3v) is 3.24. The Balaban J connectivity index is 3.37. The van der Waals surface area contributed by atoms with Crippen LogP contribution in [-0.2, 0) is 10.1 Å². The second-order valence-corrected chi connectivity index (χ2v) is 5.12. The first kappa shape index (κ1) is 11.5. The zero-order chi connectivity index (χ0) is 10.9. The molecular weight excluding hydrogens is 224 g/mol. The summed E-state index contributed by atoms with van der Waals surface area (Å²) in [5.74, 6) is 0.188. The Labute approximate surface area is 88.5 Å². The number of hydrogen-bond donors (Lipinski definition) is 1. The summed E-state index contributed by atoms with van der Waals surface area (Å²) in [6.07, 6.45) is 0. The fourth-order valence-electron chi connectivity index (χ4n) is 1.08. The highest BCUT2D eigenvalue weighted by atomic mass is 35.5. The highest BCUT2D eigenvalue weighted by Crippen LogP contribution is 2.25. The van der Waals surface area contributed by atoms with Crippen molar-refractivity contribution in [1.29, 1.82) is 0 Å². The van der Waals surface area contributed by atoms with Crippen LogP contribution in [-0.4, -0.2) is 13.0 Å². The van der Waals surface area contributed by atoms with E-state index in [0.717, 1.165) is 5.56 Å². The molecule has 78 valence electrons. The predicted octanol–water partition coefficient (Wildman–Crippen LogP) is 2.71. The number of hydrogen-bond acceptors (Lipinski definition) is 2. The largest absolute Gasteiger partial charge is 0.296 e. The molecule has 0 heterocycles. The monoisotopic (exact) mass is 234 g/mol. The quantitative estimate of drug-likeness (QED) is 0.801. The van der Waals surface area contributed by atoms with Gasteiger partial charge in [0.05, 0.1) is 5.02 Å². The predicted molar refractivity (Wildman–Crippen MR) is 55.4 cm³/mol. The standard InChI is InChI=1S/C9H11ClO3S/c1-6(2)7-3-4-8(10)9(5-7)14(11,12)13/h3-6H,1-2H3,(H,11,12,13). The maximum Gasteiger partial charge on any atom is 0.296 e. The van der Waals surface area contributed by atoms with Crippen molar-refractivity contribution in [3.05, 3.63) is 28.8 Å². The molecule has 5 heteroatoms. The summed E-state index contributed by atoms with van der Waals surface area (Å²) in [5, 5.41) is 0.0388. The average Bonchev–Trinajstić information content (AvgIpc) is 2.02. The molecular formula is C9H11ClO3S. The minimum Gasteiger partial charge on any atom is -0.282 e. The SMILES string of the molecule is CC(C)c1ccc(Cl)c(S(=O)(=O)O)c1. The van der Waals surface area contributed by atoms with Crippen LogP contribution in [0.2, 0.25) is 5.02 Å². The van der Waals surface area contributed by atoms with Crippen molar-refractivity contribution >= 4 is 21.7 Å². The Morgan fingerprint density at radius 2 is 1.93 bits per heavy atom. The minimum atomic E-state index is -4.22. The van der Waals surface area contributed by atoms with Crippen molar-refractivity contribution in [3.8, 4) is 0 Å². The molecule has 14 heavy (non-hydrogen) atoms. The second kappa shape index (κ2) is 3.88. The molecule has 1 aromatic carbocycles. The van der Waals surface area contributed by atoms with Gasteiger partial charge >= 0.3 is 0 Å². The van der Waals surface area contributed by atoms with E-state index in [1.165, 1.54) is 12.1 Å². The van der Waals surface area contributed by atoms with Crippen molar-refractivity contribution in [2.45, 2.75) is 24.7 Å². The molecule has 0 spiro atoms. The van der Waals surface area contributed by atoms with Crippen LogP contribution in [0.3, 0.4) is 0 Å². The number of rotatable bonds is 2. The van der Waals surface area contributed by atoms with Crippen LogP contribution in [0.4, 0.5) is 0 Å². The lowest BCUT2D eigenvalue weighted by molar-refractivity contribution is 0.483. The van der Waals surface area contributed by atoms with Crippen molar-refractivity contribution in [1.82, 2.24) is 0 Å². The van der Waals surface area contributed by atoms with Crippen LogP contribution in [0.1, 0.15) is 25.3 Å². The van der Waals surface area contributed by atoms with E-state index in [1.807, 2.05) is 13.8 Å². The molecule has 0 unspecified atom stereocenters. The topological polar surface area (TPSA) is 54.4 Å². The summed E-state index contributed by atoms with van der Waals surface area (Å²) in [4.78, 5) is -0.231. The first-order valence-corrected chi connectivity index (χ1v) is 5.91. The van der Waals surface area contributed by atoms with E-state index in [0.29, 0.717) is 0 Å². The molecule has 0 fully saturated rings. The number of benzene rings is 1. The highest BCUT2D eigenvalue weighted by molar-refractivity contribution is 7.86. The maximum absolute atomic E-state index is 10.9. The van der Waals surface area contributed by atoms with Gasteiger partial charge in [-0.2, -0.15) is 8.42 Å². The summed E-state index contributed by atoms with van der Waals surface area (Å²) in [6.45, 7) is 3.86. The van der Waals surface area contributed by atoms with Gasteiger partial charge in [0.1, 0.15) is 4.90 Å². The third kappa shape index (κ3) is 2.47. The molecule has 0 amide bonds. The van der Waals surface area contributed by atoms with E-state index in [4.69, 9.17) is 16.2 Å². The normalized spacial score (nSPS) is 12.1. The lowest BCUT2D eigenvalue weighted by Crippen LogP contribution is -2.00. The summed E-state index contributed by atoms with van der Waals surface area (Å²) in [5.41, 5.74) is 0.821. The lowest BCUT2D eigenvalue weighted by Gasteiger charge is -2.07. The van der Waals surface area contributed by atoms with Crippen molar-refractivity contribution in [2.24, 2.45) is 0 Å². The molecule has 0 saturated carbocycles. The molecule has 0 radical (unpaired) electrons. The number of halogens is 1. The van der Waals surface area contributed by atoms with Crippen LogP contribution in [0, 0.1) is 0 Å². The summed E-state index contributed by atoms with van der Waals surface area (Å²) < 4.78 is 30.7. The molecule has 0 aliphatic heterocycles. The highest BCUT2D eigenvalue weighted by Gasteiger charge is 2.15. The van der Waals surface area contributed by atoms with Gasteiger partial charge in [0.25, 0.3) is 10.1 Å². The van der Waals surface area contributed by atoms with Crippen LogP contribution in [0.5, 0.6) is 0 Å². The molecule has 0 bridgehead atoms. The molecule has 1 aromatic rings. The lowest BCUT2D eigenvalue weighted by atomic mass is 10.0. The molecule has 0 aliphatic rings. The Bertz CT molecular complexity index is 437. The maximum atomic E-state index is 10.9. The van der Waals surface area contributed by atoms with Crippen molar-refractivity contribution in [3.63, 3.8) is 0 Å². The van der Waals surface area contributed by atoms with Gasteiger partial charge in [-0.05, 0) is 23.6 Å². The fourth-order valence-corrected chi connectivity index (χ4v) is 2.09. The van der Waals surface area contributed by atoms with Crippen LogP contribution in [0.25, 0.3) is 0 Å². The Kier molecular flexibility index (Phi) is 3.19. The van der Waals surface area contributed by atoms with Gasteiger partial charge in [0, 0.05) is 0 Å². The van der Waals surface area contributed by atoms with Crippen LogP contribution < -0.4 is 0 Å². The molecule has 3 nitrogen and oxygen atoms in total. The Hall–Kier alpha value is -0.580. The fraction of sp³-hybridized carbons (Fsp3) is 0.333. The summed E-state index contributed by atoms with van der Waals surface area (Å²) >= 11 is 5.65. The van der Waals surface area contributed by atoms with Gasteiger partial charge in [-0.15, -0.1) is 0 Å². The molecule has 1 rings (SSSR count). The van der Waals surface area contributed by atoms with Crippen LogP contribution >= 0.6 is 11.6 Å². The van der Waals surface area contributed by atoms with Crippen LogP contribution in [0.15, 0.2) is 23.1 Å². The van der Waals surface area contributed by atoms with Gasteiger partial charge in [-0.3, -0.25) is 4.55 Å². The van der Waals surface area contributed by atoms with Gasteiger partial charge < -0.3 is 0 Å². The smallest absolute Gasteiger partial charge is 0.282 e. The van der Waals surface area contributed by atoms with E-state index in [2.05, 4.69) is 0 Å². The Morgan fingerprint density at radius 3 is 2.36 bits per heavy atom. The van der Waals surface area contributed by atoms with Gasteiger partial charge in [-0.1, -0.05) is 31.5 Å². The second-order valence-electron chi connectivity index (χ2n) is 3.32. The molecule has 0 atom stereocenters. The van der Waals surface area contributed by atoms with Gasteiger partial charge in [-0.25, -0.2) is 0 Å². The summed E-state index contributed by atoms with van der Waals surface area (Å²) in [6, 6.07) is 4.60. The van der Waals surface area contributed by atoms with E-state index in [9.17, 15) is 8.42 Å². The molecule has 1 N–H and O–H groups in total. The summed E-state index contributed by atoms with van der Waals surface area (Å²) in [7, 11) is -4.22. The van der Waals surface area contributed by atoms with E-state index in [-0.39, 0.29) is 15.8 Å². The average molecular weight is 235 g/mol. The zero-order valence-electron chi connectivity index (χ0n) is 7.86. The van der Waals surface area contributed by atoms with E-state index < -0.39 is 10.1 Å². The van der Waals surface area contributed by atoms with Gasteiger partial charge in [0.2, 0.25) is 0 Å². The minimum absolute atomic E-state index is 0.0388. The molecule has 0 aliphatic carbocycles.